The molecule has 15 heavy (non-hydrogen) atoms. The van der Waals surface area contributed by atoms with Gasteiger partial charge in [-0.2, -0.15) is 0 Å². The van der Waals surface area contributed by atoms with Crippen LogP contribution in [0, 0.1) is 0 Å². The van der Waals surface area contributed by atoms with E-state index < -0.39 is 11.6 Å². The molecule has 0 bridgehead atoms. The van der Waals surface area contributed by atoms with Gasteiger partial charge in [-0.05, 0) is 14.0 Å². The molecule has 0 aromatic heterocycles. The van der Waals surface area contributed by atoms with E-state index in [4.69, 9.17) is 9.84 Å². The van der Waals surface area contributed by atoms with Gasteiger partial charge in [-0.1, -0.05) is 0 Å². The van der Waals surface area contributed by atoms with E-state index in [1.807, 2.05) is 0 Å². The minimum Gasteiger partial charge on any atom is -0.480 e. The van der Waals surface area contributed by atoms with Crippen LogP contribution in [0.25, 0.3) is 0 Å². The summed E-state index contributed by atoms with van der Waals surface area (Å²) in [5.74, 6) is -0.981. The van der Waals surface area contributed by atoms with Gasteiger partial charge in [-0.25, -0.2) is 4.79 Å². The Morgan fingerprint density at radius 2 is 2.13 bits per heavy atom. The zero-order valence-corrected chi connectivity index (χ0v) is 8.95. The lowest BCUT2D eigenvalue weighted by molar-refractivity contribution is -0.172. The molecule has 0 spiro atoms. The lowest BCUT2D eigenvalue weighted by Gasteiger charge is -2.47. The number of nitrogens with one attached hydrogen (secondary N) is 1. The number of amides is 1. The number of carbonyl (C=O) groups is 2. The Morgan fingerprint density at radius 3 is 2.60 bits per heavy atom. The van der Waals surface area contributed by atoms with Crippen LogP contribution in [0.1, 0.15) is 6.92 Å². The summed E-state index contributed by atoms with van der Waals surface area (Å²) in [5, 5.41) is 11.2. The van der Waals surface area contributed by atoms with Crippen molar-refractivity contribution in [2.75, 3.05) is 33.3 Å². The standard InChI is InChI=1S/C9H16N2O4/c1-9(15-4-8(13)14)5-11(6-9)7(12)3-10-2/h10H,3-6H2,1-2H3,(H,13,14). The molecule has 6 heteroatoms. The molecule has 6 nitrogen and oxygen atoms in total. The molecule has 2 N–H and O–H groups in total. The maximum atomic E-state index is 11.3. The first kappa shape index (κ1) is 11.9. The van der Waals surface area contributed by atoms with Crippen molar-refractivity contribution >= 4 is 11.9 Å². The molecule has 1 aliphatic heterocycles. The quantitative estimate of drug-likeness (QED) is 0.610. The van der Waals surface area contributed by atoms with Gasteiger partial charge in [0.2, 0.25) is 5.91 Å². The second kappa shape index (κ2) is 4.59. The second-order valence-electron chi connectivity index (χ2n) is 3.91. The van der Waals surface area contributed by atoms with Crippen molar-refractivity contribution in [2.45, 2.75) is 12.5 Å². The molecule has 1 aliphatic rings. The molecule has 1 saturated heterocycles. The van der Waals surface area contributed by atoms with Crippen LogP contribution in [0.3, 0.4) is 0 Å². The van der Waals surface area contributed by atoms with Gasteiger partial charge in [0.05, 0.1) is 19.6 Å². The third-order valence-electron chi connectivity index (χ3n) is 2.28. The van der Waals surface area contributed by atoms with Gasteiger partial charge in [0, 0.05) is 0 Å². The lowest BCUT2D eigenvalue weighted by Crippen LogP contribution is -2.64. The van der Waals surface area contributed by atoms with Crippen molar-refractivity contribution in [3.63, 3.8) is 0 Å². The average Bonchev–Trinajstić information content (AvgIpc) is 2.10. The third-order valence-corrected chi connectivity index (χ3v) is 2.28. The first-order valence-electron chi connectivity index (χ1n) is 4.75. The number of hydrogen-bond acceptors (Lipinski definition) is 4. The zero-order chi connectivity index (χ0) is 11.5. The second-order valence-corrected chi connectivity index (χ2v) is 3.91. The third kappa shape index (κ3) is 3.17. The zero-order valence-electron chi connectivity index (χ0n) is 8.95. The van der Waals surface area contributed by atoms with Crippen LogP contribution in [0.5, 0.6) is 0 Å². The maximum Gasteiger partial charge on any atom is 0.329 e. The van der Waals surface area contributed by atoms with Crippen molar-refractivity contribution in [3.05, 3.63) is 0 Å². The Morgan fingerprint density at radius 1 is 1.53 bits per heavy atom. The van der Waals surface area contributed by atoms with Gasteiger partial charge in [-0.3, -0.25) is 4.79 Å². The number of nitrogens with zero attached hydrogens (tertiary/aromatic N) is 1. The molecule has 0 atom stereocenters. The van der Waals surface area contributed by atoms with E-state index in [2.05, 4.69) is 5.32 Å². The molecular formula is C9H16N2O4. The molecule has 0 unspecified atom stereocenters. The highest BCUT2D eigenvalue weighted by atomic mass is 16.5. The predicted molar refractivity (Wildman–Crippen MR) is 52.5 cm³/mol. The SMILES string of the molecule is CNCC(=O)N1CC(C)(OCC(=O)O)C1. The summed E-state index contributed by atoms with van der Waals surface area (Å²) >= 11 is 0. The summed E-state index contributed by atoms with van der Waals surface area (Å²) < 4.78 is 5.17. The van der Waals surface area contributed by atoms with E-state index >= 15 is 0 Å². The van der Waals surface area contributed by atoms with E-state index in [1.165, 1.54) is 0 Å². The Labute approximate surface area is 88.2 Å². The van der Waals surface area contributed by atoms with Gasteiger partial charge in [0.1, 0.15) is 12.2 Å². The normalized spacial score (nSPS) is 18.4. The van der Waals surface area contributed by atoms with Gasteiger partial charge in [-0.15, -0.1) is 0 Å². The summed E-state index contributed by atoms with van der Waals surface area (Å²) in [4.78, 5) is 23.3. The van der Waals surface area contributed by atoms with E-state index in [-0.39, 0.29) is 12.5 Å². The van der Waals surface area contributed by atoms with E-state index in [0.717, 1.165) is 0 Å². The molecule has 1 rings (SSSR count). The molecule has 0 saturated carbocycles. The Hall–Kier alpha value is -1.14. The van der Waals surface area contributed by atoms with Crippen molar-refractivity contribution in [2.24, 2.45) is 0 Å². The van der Waals surface area contributed by atoms with Crippen molar-refractivity contribution in [1.29, 1.82) is 0 Å². The van der Waals surface area contributed by atoms with Crippen molar-refractivity contribution in [1.82, 2.24) is 10.2 Å². The minimum absolute atomic E-state index is 0.00824. The summed E-state index contributed by atoms with van der Waals surface area (Å²) in [5.41, 5.74) is -0.498. The highest BCUT2D eigenvalue weighted by Crippen LogP contribution is 2.24. The highest BCUT2D eigenvalue weighted by Gasteiger charge is 2.42. The van der Waals surface area contributed by atoms with E-state index in [9.17, 15) is 9.59 Å². The molecule has 86 valence electrons. The molecule has 0 aromatic rings. The van der Waals surface area contributed by atoms with Gasteiger partial charge in [0.25, 0.3) is 0 Å². The topological polar surface area (TPSA) is 78.9 Å². The van der Waals surface area contributed by atoms with Crippen LogP contribution in [0.2, 0.25) is 0 Å². The van der Waals surface area contributed by atoms with Gasteiger partial charge >= 0.3 is 5.97 Å². The maximum absolute atomic E-state index is 11.3. The molecular weight excluding hydrogens is 200 g/mol. The number of carboxylic acids is 1. The fourth-order valence-corrected chi connectivity index (χ4v) is 1.53. The first-order chi connectivity index (χ1) is 6.97. The van der Waals surface area contributed by atoms with Crippen molar-refractivity contribution < 1.29 is 19.4 Å². The summed E-state index contributed by atoms with van der Waals surface area (Å²) in [7, 11) is 1.71. The largest absolute Gasteiger partial charge is 0.480 e. The van der Waals surface area contributed by atoms with Crippen molar-refractivity contribution in [3.8, 4) is 0 Å². The number of carboxylic acid groups (broad SMARTS) is 1. The number of aliphatic carboxylic acids is 1. The van der Waals surface area contributed by atoms with Crippen LogP contribution in [-0.4, -0.2) is 60.8 Å². The van der Waals surface area contributed by atoms with Crippen LogP contribution >= 0.6 is 0 Å². The molecule has 1 amide bonds. The number of likely N-dealkylation sites (N-methyl/N-ethyl adjacent to an activating group) is 1. The number of likely N-dealkylation sites (tertiary alicyclic amines) is 1. The fraction of sp³-hybridized carbons (Fsp3) is 0.778. The Balaban J connectivity index is 2.28. The minimum atomic E-state index is -0.990. The molecule has 0 aromatic carbocycles. The molecule has 0 radical (unpaired) electrons. The van der Waals surface area contributed by atoms with E-state index in [0.29, 0.717) is 19.6 Å². The van der Waals surface area contributed by atoms with Crippen LogP contribution in [-0.2, 0) is 14.3 Å². The van der Waals surface area contributed by atoms with Gasteiger partial charge < -0.3 is 20.1 Å². The molecule has 1 fully saturated rings. The number of hydrogen-bond donors (Lipinski definition) is 2. The molecule has 1 heterocycles. The Bertz CT molecular complexity index is 261. The number of carbonyl (C=O) groups excluding carboxylic acids is 1. The molecule has 0 aliphatic carbocycles. The fourth-order valence-electron chi connectivity index (χ4n) is 1.53. The number of rotatable bonds is 5. The lowest BCUT2D eigenvalue weighted by atomic mass is 9.96. The van der Waals surface area contributed by atoms with Crippen LogP contribution in [0.15, 0.2) is 0 Å². The summed E-state index contributed by atoms with van der Waals surface area (Å²) in [6.07, 6.45) is 0. The summed E-state index contributed by atoms with van der Waals surface area (Å²) in [6, 6.07) is 0. The number of ether oxygens (including phenoxy) is 1. The van der Waals surface area contributed by atoms with Crippen LogP contribution in [0.4, 0.5) is 0 Å². The first-order valence-corrected chi connectivity index (χ1v) is 4.75. The van der Waals surface area contributed by atoms with Crippen LogP contribution < -0.4 is 5.32 Å². The highest BCUT2D eigenvalue weighted by molar-refractivity contribution is 5.79. The summed E-state index contributed by atoms with van der Waals surface area (Å²) in [6.45, 7) is 2.71. The average molecular weight is 216 g/mol. The van der Waals surface area contributed by atoms with Gasteiger partial charge in [0.15, 0.2) is 0 Å². The Kier molecular flexibility index (Phi) is 3.65. The van der Waals surface area contributed by atoms with E-state index in [1.54, 1.807) is 18.9 Å². The monoisotopic (exact) mass is 216 g/mol. The predicted octanol–water partition coefficient (Wildman–Crippen LogP) is -1.09. The smallest absolute Gasteiger partial charge is 0.329 e.